The van der Waals surface area contributed by atoms with Gasteiger partial charge in [0.15, 0.2) is 0 Å². The summed E-state index contributed by atoms with van der Waals surface area (Å²) in [6.07, 6.45) is 2.84. The van der Waals surface area contributed by atoms with Gasteiger partial charge >= 0.3 is 0 Å². The lowest BCUT2D eigenvalue weighted by molar-refractivity contribution is -0.141. The molecule has 1 aliphatic heterocycles. The number of hydrogen-bond donors (Lipinski definition) is 2. The summed E-state index contributed by atoms with van der Waals surface area (Å²) < 4.78 is 5.23. The van der Waals surface area contributed by atoms with Crippen LogP contribution in [0.1, 0.15) is 35.9 Å². The molecule has 112 valence electrons. The number of nitrogens with one attached hydrogen (secondary N) is 1. The van der Waals surface area contributed by atoms with Gasteiger partial charge in [0.1, 0.15) is 5.76 Å². The third kappa shape index (κ3) is 2.13. The van der Waals surface area contributed by atoms with E-state index in [1.807, 2.05) is 5.43 Å². The van der Waals surface area contributed by atoms with Gasteiger partial charge in [0.05, 0.1) is 30.2 Å². The number of amides is 3. The van der Waals surface area contributed by atoms with Crippen LogP contribution in [0.2, 0.25) is 0 Å². The van der Waals surface area contributed by atoms with Crippen LogP contribution in [0.5, 0.6) is 0 Å². The number of nitrogen functional groups attached to an aromatic ring is 1. The number of carbonyl (C=O) groups is 3. The Labute approximate surface area is 121 Å². The van der Waals surface area contributed by atoms with Gasteiger partial charge in [-0.25, -0.2) is 5.84 Å². The molecule has 3 N–H and O–H groups in total. The Morgan fingerprint density at radius 3 is 2.57 bits per heavy atom. The second kappa shape index (κ2) is 5.00. The number of carbonyl (C=O) groups excluding carboxylic acids is 3. The minimum Gasteiger partial charge on any atom is -0.467 e. The Morgan fingerprint density at radius 2 is 2.00 bits per heavy atom. The number of nitrogens with zero attached hydrogens (tertiary/aromatic N) is 1. The first-order valence-electron chi connectivity index (χ1n) is 6.95. The van der Waals surface area contributed by atoms with Crippen molar-refractivity contribution in [2.45, 2.75) is 26.3 Å². The van der Waals surface area contributed by atoms with Crippen LogP contribution in [0.25, 0.3) is 0 Å². The molecule has 2 heterocycles. The van der Waals surface area contributed by atoms with E-state index in [2.05, 4.69) is 6.92 Å². The molecular weight excluding hydrogens is 274 g/mol. The molecule has 0 aromatic carbocycles. The molecule has 1 aliphatic carbocycles. The Bertz CT molecular complexity index is 585. The van der Waals surface area contributed by atoms with Gasteiger partial charge in [0, 0.05) is 0 Å². The second-order valence-corrected chi connectivity index (χ2v) is 5.78. The number of fused-ring (bicyclic) bond motifs is 1. The van der Waals surface area contributed by atoms with E-state index in [0.717, 1.165) is 12.8 Å². The molecule has 2 aliphatic rings. The Hall–Kier alpha value is -2.15. The maximum atomic E-state index is 12.4. The van der Waals surface area contributed by atoms with Crippen LogP contribution in [0.4, 0.5) is 0 Å². The largest absolute Gasteiger partial charge is 0.467 e. The number of rotatable bonds is 3. The lowest BCUT2D eigenvalue weighted by Gasteiger charge is -2.16. The first-order chi connectivity index (χ1) is 10.0. The van der Waals surface area contributed by atoms with Crippen molar-refractivity contribution in [1.82, 2.24) is 10.3 Å². The number of hydrazine groups is 1. The van der Waals surface area contributed by atoms with Crippen LogP contribution in [-0.4, -0.2) is 22.6 Å². The summed E-state index contributed by atoms with van der Waals surface area (Å²) in [5.74, 6) is 4.51. The number of imide groups is 1. The Kier molecular flexibility index (Phi) is 3.29. The minimum absolute atomic E-state index is 0.0190. The van der Waals surface area contributed by atoms with Crippen LogP contribution in [0.3, 0.4) is 0 Å². The van der Waals surface area contributed by atoms with Crippen LogP contribution in [0, 0.1) is 17.8 Å². The van der Waals surface area contributed by atoms with Gasteiger partial charge in [-0.15, -0.1) is 0 Å². The standard InChI is InChI=1S/C14H17N3O4/c1-7-4-9-10(5-7)14(20)17(13(9)19)6-11-8(2-3-21-11)12(18)16-15/h2-3,7,9-10H,4-6,15H2,1H3,(H,16,18). The van der Waals surface area contributed by atoms with E-state index in [4.69, 9.17) is 10.3 Å². The molecule has 7 heteroatoms. The maximum absolute atomic E-state index is 12.4. The highest BCUT2D eigenvalue weighted by Gasteiger charge is 2.51. The zero-order chi connectivity index (χ0) is 15.1. The van der Waals surface area contributed by atoms with Gasteiger partial charge in [-0.2, -0.15) is 0 Å². The molecule has 2 fully saturated rings. The fraction of sp³-hybridized carbons (Fsp3) is 0.500. The normalized spacial score (nSPS) is 28.1. The number of hydrogen-bond acceptors (Lipinski definition) is 5. The summed E-state index contributed by atoms with van der Waals surface area (Å²) in [6.45, 7) is 2.04. The molecule has 21 heavy (non-hydrogen) atoms. The zero-order valence-electron chi connectivity index (χ0n) is 11.7. The van der Waals surface area contributed by atoms with Crippen molar-refractivity contribution in [2.75, 3.05) is 0 Å². The summed E-state index contributed by atoms with van der Waals surface area (Å²) in [5.41, 5.74) is 2.25. The van der Waals surface area contributed by atoms with Gasteiger partial charge in [0.2, 0.25) is 11.8 Å². The summed E-state index contributed by atoms with van der Waals surface area (Å²) in [5, 5.41) is 0. The summed E-state index contributed by atoms with van der Waals surface area (Å²) in [7, 11) is 0. The van der Waals surface area contributed by atoms with Gasteiger partial charge in [-0.3, -0.25) is 24.7 Å². The smallest absolute Gasteiger partial charge is 0.268 e. The first-order valence-corrected chi connectivity index (χ1v) is 6.95. The number of likely N-dealkylation sites (tertiary alicyclic amines) is 1. The predicted molar refractivity (Wildman–Crippen MR) is 71.3 cm³/mol. The van der Waals surface area contributed by atoms with Gasteiger partial charge < -0.3 is 4.42 Å². The lowest BCUT2D eigenvalue weighted by atomic mass is 10.00. The van der Waals surface area contributed by atoms with E-state index in [1.165, 1.54) is 17.2 Å². The molecule has 3 amide bonds. The highest BCUT2D eigenvalue weighted by Crippen LogP contribution is 2.43. The highest BCUT2D eigenvalue weighted by atomic mass is 16.3. The molecule has 0 radical (unpaired) electrons. The molecule has 7 nitrogen and oxygen atoms in total. The molecule has 2 unspecified atom stereocenters. The molecule has 0 bridgehead atoms. The SMILES string of the molecule is CC1CC2C(=O)N(Cc3occc3C(=O)NN)C(=O)C2C1. The fourth-order valence-corrected chi connectivity index (χ4v) is 3.39. The summed E-state index contributed by atoms with van der Waals surface area (Å²) >= 11 is 0. The molecular formula is C14H17N3O4. The van der Waals surface area contributed by atoms with Crippen molar-refractivity contribution >= 4 is 17.7 Å². The zero-order valence-corrected chi connectivity index (χ0v) is 11.7. The Morgan fingerprint density at radius 1 is 1.38 bits per heavy atom. The maximum Gasteiger partial charge on any atom is 0.268 e. The summed E-state index contributed by atoms with van der Waals surface area (Å²) in [4.78, 5) is 37.5. The molecule has 1 aromatic heterocycles. The molecule has 2 atom stereocenters. The second-order valence-electron chi connectivity index (χ2n) is 5.78. The Balaban J connectivity index is 1.81. The van der Waals surface area contributed by atoms with Crippen LogP contribution >= 0.6 is 0 Å². The van der Waals surface area contributed by atoms with Crippen molar-refractivity contribution < 1.29 is 18.8 Å². The molecule has 1 aromatic rings. The van der Waals surface area contributed by atoms with E-state index in [-0.39, 0.29) is 41.5 Å². The quantitative estimate of drug-likeness (QED) is 0.363. The van der Waals surface area contributed by atoms with E-state index >= 15 is 0 Å². The van der Waals surface area contributed by atoms with E-state index < -0.39 is 5.91 Å². The van der Waals surface area contributed by atoms with Crippen LogP contribution < -0.4 is 11.3 Å². The van der Waals surface area contributed by atoms with E-state index in [9.17, 15) is 14.4 Å². The van der Waals surface area contributed by atoms with Crippen molar-refractivity contribution in [3.8, 4) is 0 Å². The van der Waals surface area contributed by atoms with Gasteiger partial charge in [-0.1, -0.05) is 6.92 Å². The van der Waals surface area contributed by atoms with Crippen molar-refractivity contribution in [2.24, 2.45) is 23.6 Å². The predicted octanol–water partition coefficient (Wildman–Crippen LogP) is 0.414. The first kappa shape index (κ1) is 13.8. The average molecular weight is 291 g/mol. The summed E-state index contributed by atoms with van der Waals surface area (Å²) in [6, 6.07) is 1.46. The highest BCUT2D eigenvalue weighted by molar-refractivity contribution is 6.05. The fourth-order valence-electron chi connectivity index (χ4n) is 3.39. The van der Waals surface area contributed by atoms with Crippen LogP contribution in [-0.2, 0) is 16.1 Å². The third-order valence-corrected chi connectivity index (χ3v) is 4.39. The van der Waals surface area contributed by atoms with Crippen LogP contribution in [0.15, 0.2) is 16.7 Å². The monoisotopic (exact) mass is 291 g/mol. The molecule has 3 rings (SSSR count). The average Bonchev–Trinajstić information content (AvgIpc) is 3.12. The van der Waals surface area contributed by atoms with E-state index in [1.54, 1.807) is 0 Å². The lowest BCUT2D eigenvalue weighted by Crippen LogP contribution is -2.34. The molecule has 1 saturated heterocycles. The molecule has 1 saturated carbocycles. The van der Waals surface area contributed by atoms with Crippen molar-refractivity contribution in [1.29, 1.82) is 0 Å². The minimum atomic E-state index is -0.508. The van der Waals surface area contributed by atoms with E-state index in [0.29, 0.717) is 5.92 Å². The van der Waals surface area contributed by atoms with Gasteiger partial charge in [0.25, 0.3) is 5.91 Å². The molecule has 0 spiro atoms. The number of furan rings is 1. The van der Waals surface area contributed by atoms with Gasteiger partial charge in [-0.05, 0) is 24.8 Å². The van der Waals surface area contributed by atoms with Crippen molar-refractivity contribution in [3.05, 3.63) is 23.7 Å². The topological polar surface area (TPSA) is 106 Å². The third-order valence-electron chi connectivity index (χ3n) is 4.39. The van der Waals surface area contributed by atoms with Crippen molar-refractivity contribution in [3.63, 3.8) is 0 Å². The number of nitrogens with two attached hydrogens (primary N) is 1.